The van der Waals surface area contributed by atoms with Gasteiger partial charge in [-0.3, -0.25) is 9.69 Å². The lowest BCUT2D eigenvalue weighted by molar-refractivity contribution is -0.137. The van der Waals surface area contributed by atoms with E-state index >= 15 is 0 Å². The predicted octanol–water partition coefficient (Wildman–Crippen LogP) is 3.65. The van der Waals surface area contributed by atoms with Crippen molar-refractivity contribution in [2.45, 2.75) is 12.7 Å². The number of alkyl halides is 3. The first kappa shape index (κ1) is 18.5. The van der Waals surface area contributed by atoms with Gasteiger partial charge in [0, 0.05) is 6.54 Å². The second kappa shape index (κ2) is 7.81. The van der Waals surface area contributed by atoms with Crippen molar-refractivity contribution in [1.82, 2.24) is 4.90 Å². The molecule has 0 unspecified atom stereocenters. The Balaban J connectivity index is 2.03. The predicted molar refractivity (Wildman–Crippen MR) is 87.6 cm³/mol. The van der Waals surface area contributed by atoms with E-state index in [4.69, 9.17) is 5.26 Å². The summed E-state index contributed by atoms with van der Waals surface area (Å²) in [6.07, 6.45) is -4.54. The Morgan fingerprint density at radius 3 is 2.48 bits per heavy atom. The maximum Gasteiger partial charge on any atom is 0.418 e. The monoisotopic (exact) mass is 347 g/mol. The summed E-state index contributed by atoms with van der Waals surface area (Å²) < 4.78 is 38.8. The maximum absolute atomic E-state index is 12.9. The average Bonchev–Trinajstić information content (AvgIpc) is 2.54. The molecule has 7 heteroatoms. The molecule has 1 N–H and O–H groups in total. The first-order valence-electron chi connectivity index (χ1n) is 7.44. The zero-order valence-electron chi connectivity index (χ0n) is 13.5. The molecular formula is C18H16F3N3O. The van der Waals surface area contributed by atoms with Crippen LogP contribution in [-0.2, 0) is 17.5 Å². The van der Waals surface area contributed by atoms with Gasteiger partial charge < -0.3 is 5.32 Å². The second-order valence-corrected chi connectivity index (χ2v) is 5.53. The molecule has 25 heavy (non-hydrogen) atoms. The van der Waals surface area contributed by atoms with Gasteiger partial charge in [-0.15, -0.1) is 0 Å². The van der Waals surface area contributed by atoms with E-state index < -0.39 is 17.6 Å². The third-order valence-corrected chi connectivity index (χ3v) is 3.50. The molecule has 1 amide bonds. The molecule has 2 rings (SSSR count). The molecule has 130 valence electrons. The van der Waals surface area contributed by atoms with Crippen molar-refractivity contribution in [3.8, 4) is 6.07 Å². The van der Waals surface area contributed by atoms with Crippen LogP contribution >= 0.6 is 0 Å². The summed E-state index contributed by atoms with van der Waals surface area (Å²) in [7, 11) is 1.66. The summed E-state index contributed by atoms with van der Waals surface area (Å²) in [5.74, 6) is -0.561. The summed E-state index contributed by atoms with van der Waals surface area (Å²) in [5.41, 5.74) is 0.0832. The fourth-order valence-electron chi connectivity index (χ4n) is 2.39. The fourth-order valence-corrected chi connectivity index (χ4v) is 2.39. The molecule has 0 aliphatic rings. The Kier molecular flexibility index (Phi) is 5.78. The molecule has 0 spiro atoms. The van der Waals surface area contributed by atoms with E-state index in [9.17, 15) is 18.0 Å². The molecule has 4 nitrogen and oxygen atoms in total. The number of nitriles is 1. The van der Waals surface area contributed by atoms with Crippen molar-refractivity contribution in [3.05, 3.63) is 65.2 Å². The van der Waals surface area contributed by atoms with Gasteiger partial charge in [-0.25, -0.2) is 0 Å². The number of hydrogen-bond donors (Lipinski definition) is 1. The number of para-hydroxylation sites is 1. The standard InChI is InChI=1S/C18H16F3N3O/c1-24(11-14-7-3-2-6-13(14)10-22)12-17(25)23-16-9-5-4-8-15(16)18(19,20)21/h2-9H,11-12H2,1H3,(H,23,25). The van der Waals surface area contributed by atoms with Crippen molar-refractivity contribution < 1.29 is 18.0 Å². The minimum absolute atomic E-state index is 0.105. The summed E-state index contributed by atoms with van der Waals surface area (Å²) in [5, 5.41) is 11.4. The zero-order chi connectivity index (χ0) is 18.4. The molecule has 0 saturated heterocycles. The van der Waals surface area contributed by atoms with Crippen LogP contribution in [0.15, 0.2) is 48.5 Å². The Labute approximate surface area is 143 Å². The minimum Gasteiger partial charge on any atom is -0.324 e. The van der Waals surface area contributed by atoms with Crippen molar-refractivity contribution in [3.63, 3.8) is 0 Å². The van der Waals surface area contributed by atoms with Crippen molar-refractivity contribution in [2.24, 2.45) is 0 Å². The third-order valence-electron chi connectivity index (χ3n) is 3.50. The van der Waals surface area contributed by atoms with Crippen molar-refractivity contribution in [2.75, 3.05) is 18.9 Å². The first-order chi connectivity index (χ1) is 11.8. The highest BCUT2D eigenvalue weighted by Crippen LogP contribution is 2.34. The molecule has 0 radical (unpaired) electrons. The summed E-state index contributed by atoms with van der Waals surface area (Å²) >= 11 is 0. The van der Waals surface area contributed by atoms with E-state index in [1.54, 1.807) is 36.2 Å². The van der Waals surface area contributed by atoms with Crippen LogP contribution in [-0.4, -0.2) is 24.4 Å². The van der Waals surface area contributed by atoms with Crippen LogP contribution in [0.4, 0.5) is 18.9 Å². The van der Waals surface area contributed by atoms with Crippen LogP contribution in [0.2, 0.25) is 0 Å². The molecule has 0 bridgehead atoms. The van der Waals surface area contributed by atoms with Gasteiger partial charge >= 0.3 is 6.18 Å². The molecule has 2 aromatic carbocycles. The number of anilines is 1. The van der Waals surface area contributed by atoms with Crippen LogP contribution in [0.5, 0.6) is 0 Å². The molecule has 0 atom stereocenters. The van der Waals surface area contributed by atoms with E-state index in [2.05, 4.69) is 11.4 Å². The number of halogens is 3. The number of likely N-dealkylation sites (N-methyl/N-ethyl adjacent to an activating group) is 1. The van der Waals surface area contributed by atoms with E-state index in [1.165, 1.54) is 18.2 Å². The number of nitrogens with one attached hydrogen (secondary N) is 1. The van der Waals surface area contributed by atoms with E-state index in [-0.39, 0.29) is 12.2 Å². The molecule has 0 fully saturated rings. The van der Waals surface area contributed by atoms with Crippen LogP contribution < -0.4 is 5.32 Å². The van der Waals surface area contributed by atoms with Gasteiger partial charge in [0.05, 0.1) is 29.4 Å². The third kappa shape index (κ3) is 5.06. The van der Waals surface area contributed by atoms with Gasteiger partial charge in [-0.2, -0.15) is 18.4 Å². The number of nitrogens with zero attached hydrogens (tertiary/aromatic N) is 2. The summed E-state index contributed by atoms with van der Waals surface area (Å²) in [4.78, 5) is 13.7. The number of benzene rings is 2. The summed E-state index contributed by atoms with van der Waals surface area (Å²) in [6.45, 7) is 0.226. The van der Waals surface area contributed by atoms with Crippen LogP contribution in [0, 0.1) is 11.3 Å². The van der Waals surface area contributed by atoms with Crippen LogP contribution in [0.1, 0.15) is 16.7 Å². The van der Waals surface area contributed by atoms with E-state index in [0.717, 1.165) is 11.6 Å². The maximum atomic E-state index is 12.9. The molecule has 0 aromatic heterocycles. The van der Waals surface area contributed by atoms with Crippen molar-refractivity contribution in [1.29, 1.82) is 5.26 Å². The zero-order valence-corrected chi connectivity index (χ0v) is 13.5. The largest absolute Gasteiger partial charge is 0.418 e. The second-order valence-electron chi connectivity index (χ2n) is 5.53. The first-order valence-corrected chi connectivity index (χ1v) is 7.44. The minimum atomic E-state index is -4.54. The lowest BCUT2D eigenvalue weighted by atomic mass is 10.1. The molecule has 0 aliphatic carbocycles. The Morgan fingerprint density at radius 1 is 1.16 bits per heavy atom. The Hall–Kier alpha value is -2.85. The molecule has 0 saturated carbocycles. The normalized spacial score (nSPS) is 11.2. The highest BCUT2D eigenvalue weighted by atomic mass is 19.4. The highest BCUT2D eigenvalue weighted by Gasteiger charge is 2.33. The molecule has 0 heterocycles. The number of amides is 1. The van der Waals surface area contributed by atoms with Gasteiger partial charge in [-0.05, 0) is 30.8 Å². The van der Waals surface area contributed by atoms with E-state index in [1.807, 2.05) is 0 Å². The lowest BCUT2D eigenvalue weighted by Crippen LogP contribution is -2.30. The number of rotatable bonds is 5. The number of carbonyl (C=O) groups is 1. The number of carbonyl (C=O) groups excluding carboxylic acids is 1. The molecule has 0 aliphatic heterocycles. The molecule has 2 aromatic rings. The lowest BCUT2D eigenvalue weighted by Gasteiger charge is -2.18. The van der Waals surface area contributed by atoms with E-state index in [0.29, 0.717) is 12.1 Å². The van der Waals surface area contributed by atoms with Gasteiger partial charge in [0.2, 0.25) is 5.91 Å². The quantitative estimate of drug-likeness (QED) is 0.898. The van der Waals surface area contributed by atoms with Gasteiger partial charge in [0.15, 0.2) is 0 Å². The highest BCUT2D eigenvalue weighted by molar-refractivity contribution is 5.93. The van der Waals surface area contributed by atoms with Crippen LogP contribution in [0.3, 0.4) is 0 Å². The Morgan fingerprint density at radius 2 is 1.80 bits per heavy atom. The average molecular weight is 347 g/mol. The van der Waals surface area contributed by atoms with Gasteiger partial charge in [0.1, 0.15) is 0 Å². The van der Waals surface area contributed by atoms with Gasteiger partial charge in [0.25, 0.3) is 0 Å². The van der Waals surface area contributed by atoms with Gasteiger partial charge in [-0.1, -0.05) is 30.3 Å². The Bertz CT molecular complexity index is 797. The SMILES string of the molecule is CN(CC(=O)Nc1ccccc1C(F)(F)F)Cc1ccccc1C#N. The topological polar surface area (TPSA) is 56.1 Å². The fraction of sp³-hybridized carbons (Fsp3) is 0.222. The van der Waals surface area contributed by atoms with Crippen LogP contribution in [0.25, 0.3) is 0 Å². The summed E-state index contributed by atoms with van der Waals surface area (Å²) in [6, 6.07) is 13.9. The molecular weight excluding hydrogens is 331 g/mol. The van der Waals surface area contributed by atoms with Crippen molar-refractivity contribution >= 4 is 11.6 Å². The smallest absolute Gasteiger partial charge is 0.324 e. The number of hydrogen-bond acceptors (Lipinski definition) is 3.